The van der Waals surface area contributed by atoms with Crippen molar-refractivity contribution in [1.29, 1.82) is 0 Å². The molecule has 6 heteroatoms. The largest absolute Gasteiger partial charge is 0.377 e. The van der Waals surface area contributed by atoms with E-state index in [2.05, 4.69) is 33.0 Å². The van der Waals surface area contributed by atoms with E-state index in [0.717, 1.165) is 28.7 Å². The molecule has 0 radical (unpaired) electrons. The molecule has 2 aliphatic heterocycles. The van der Waals surface area contributed by atoms with Crippen LogP contribution in [0, 0.1) is 5.82 Å². The van der Waals surface area contributed by atoms with E-state index in [0.29, 0.717) is 11.3 Å². The summed E-state index contributed by atoms with van der Waals surface area (Å²) in [6.45, 7) is 0. The number of nitrogens with zero attached hydrogens (tertiary/aromatic N) is 2. The van der Waals surface area contributed by atoms with Gasteiger partial charge in [0.1, 0.15) is 18.1 Å². The Labute approximate surface area is 161 Å². The highest BCUT2D eigenvalue weighted by atomic mass is 19.1. The number of carbonyl (C=O) groups excluding carboxylic acids is 1. The minimum Gasteiger partial charge on any atom is -0.377 e. The second-order valence-electron chi connectivity index (χ2n) is 6.95. The lowest BCUT2D eigenvalue weighted by molar-refractivity contribution is -0.109. The average Bonchev–Trinajstić information content (AvgIpc) is 2.74. The highest BCUT2D eigenvalue weighted by molar-refractivity contribution is 6.13. The highest BCUT2D eigenvalue weighted by Crippen LogP contribution is 2.46. The van der Waals surface area contributed by atoms with Crippen molar-refractivity contribution in [1.82, 2.24) is 10.4 Å². The van der Waals surface area contributed by atoms with Gasteiger partial charge in [0.05, 0.1) is 17.7 Å². The van der Waals surface area contributed by atoms with Gasteiger partial charge in [-0.1, -0.05) is 30.3 Å². The van der Waals surface area contributed by atoms with Crippen molar-refractivity contribution >= 4 is 17.7 Å². The van der Waals surface area contributed by atoms with E-state index >= 15 is 0 Å². The van der Waals surface area contributed by atoms with E-state index in [4.69, 9.17) is 0 Å². The molecule has 0 fully saturated rings. The molecule has 3 aromatic rings. The Morgan fingerprint density at radius 2 is 1.79 bits per heavy atom. The molecule has 0 bridgehead atoms. The third-order valence-corrected chi connectivity index (χ3v) is 5.35. The number of benzene rings is 2. The monoisotopic (exact) mass is 372 g/mol. The SMILES string of the molecule is O=CC1NN=C2c3c(cc(F)cc31)NC(c1ccncc1)C2c1ccccc1. The summed E-state index contributed by atoms with van der Waals surface area (Å²) in [6.07, 6.45) is 4.24. The van der Waals surface area contributed by atoms with Crippen molar-refractivity contribution in [2.75, 3.05) is 5.32 Å². The van der Waals surface area contributed by atoms with Crippen LogP contribution in [-0.4, -0.2) is 17.0 Å². The van der Waals surface area contributed by atoms with Gasteiger partial charge in [-0.05, 0) is 41.0 Å². The maximum Gasteiger partial charge on any atom is 0.148 e. The van der Waals surface area contributed by atoms with E-state index in [-0.39, 0.29) is 17.8 Å². The fraction of sp³-hybridized carbons (Fsp3) is 0.136. The summed E-state index contributed by atoms with van der Waals surface area (Å²) in [7, 11) is 0. The molecule has 2 N–H and O–H groups in total. The molecule has 2 aliphatic rings. The summed E-state index contributed by atoms with van der Waals surface area (Å²) in [5.41, 5.74) is 7.87. The number of rotatable bonds is 3. The van der Waals surface area contributed by atoms with Gasteiger partial charge in [0.25, 0.3) is 0 Å². The molecular weight excluding hydrogens is 355 g/mol. The zero-order valence-corrected chi connectivity index (χ0v) is 14.8. The molecule has 5 nitrogen and oxygen atoms in total. The average molecular weight is 372 g/mol. The van der Waals surface area contributed by atoms with Crippen LogP contribution in [0.15, 0.2) is 72.1 Å². The second-order valence-corrected chi connectivity index (χ2v) is 6.95. The van der Waals surface area contributed by atoms with Crippen LogP contribution in [0.3, 0.4) is 0 Å². The molecule has 0 aliphatic carbocycles. The third-order valence-electron chi connectivity index (χ3n) is 5.35. The summed E-state index contributed by atoms with van der Waals surface area (Å²) < 4.78 is 14.3. The first-order valence-corrected chi connectivity index (χ1v) is 9.10. The molecular formula is C22H17FN4O. The van der Waals surface area contributed by atoms with Crippen molar-refractivity contribution < 1.29 is 9.18 Å². The summed E-state index contributed by atoms with van der Waals surface area (Å²) >= 11 is 0. The first-order valence-electron chi connectivity index (χ1n) is 9.10. The van der Waals surface area contributed by atoms with Crippen molar-refractivity contribution in [3.8, 4) is 0 Å². The topological polar surface area (TPSA) is 66.4 Å². The van der Waals surface area contributed by atoms with Crippen LogP contribution in [-0.2, 0) is 4.79 Å². The van der Waals surface area contributed by atoms with Crippen molar-refractivity contribution in [3.63, 3.8) is 0 Å². The van der Waals surface area contributed by atoms with Crippen molar-refractivity contribution in [3.05, 3.63) is 95.1 Å². The molecule has 0 amide bonds. The number of aldehydes is 1. The van der Waals surface area contributed by atoms with E-state index in [1.165, 1.54) is 12.1 Å². The van der Waals surface area contributed by atoms with Gasteiger partial charge in [0, 0.05) is 23.6 Å². The second kappa shape index (κ2) is 6.56. The minimum absolute atomic E-state index is 0.111. The van der Waals surface area contributed by atoms with Crippen molar-refractivity contribution in [2.24, 2.45) is 5.10 Å². The van der Waals surface area contributed by atoms with E-state index in [1.807, 2.05) is 30.3 Å². The van der Waals surface area contributed by atoms with Crippen molar-refractivity contribution in [2.45, 2.75) is 18.0 Å². The lowest BCUT2D eigenvalue weighted by Crippen LogP contribution is -2.38. The number of aromatic nitrogens is 1. The molecule has 28 heavy (non-hydrogen) atoms. The number of hydrogen-bond donors (Lipinski definition) is 2. The maximum absolute atomic E-state index is 14.3. The molecule has 3 unspecified atom stereocenters. The van der Waals surface area contributed by atoms with E-state index in [9.17, 15) is 9.18 Å². The van der Waals surface area contributed by atoms with Crippen LogP contribution >= 0.6 is 0 Å². The predicted octanol–water partition coefficient (Wildman–Crippen LogP) is 3.72. The summed E-state index contributed by atoms with van der Waals surface area (Å²) in [5.74, 6) is -0.497. The number of pyridine rings is 1. The van der Waals surface area contributed by atoms with Gasteiger partial charge in [-0.3, -0.25) is 10.4 Å². The number of anilines is 1. The number of carbonyl (C=O) groups is 1. The number of hydrazone groups is 1. The summed E-state index contributed by atoms with van der Waals surface area (Å²) in [6, 6.07) is 16.0. The smallest absolute Gasteiger partial charge is 0.148 e. The third kappa shape index (κ3) is 2.57. The normalized spacial score (nSPS) is 22.3. The highest BCUT2D eigenvalue weighted by Gasteiger charge is 2.40. The Morgan fingerprint density at radius 1 is 1.00 bits per heavy atom. The molecule has 3 atom stereocenters. The van der Waals surface area contributed by atoms with Gasteiger partial charge in [-0.2, -0.15) is 5.10 Å². The van der Waals surface area contributed by atoms with Crippen LogP contribution in [0.25, 0.3) is 0 Å². The first kappa shape index (κ1) is 16.6. The molecule has 0 spiro atoms. The van der Waals surface area contributed by atoms with Crippen LogP contribution < -0.4 is 10.7 Å². The van der Waals surface area contributed by atoms with Crippen LogP contribution in [0.5, 0.6) is 0 Å². The van der Waals surface area contributed by atoms with Gasteiger partial charge < -0.3 is 10.1 Å². The van der Waals surface area contributed by atoms with Gasteiger partial charge in [-0.15, -0.1) is 0 Å². The molecule has 2 aromatic carbocycles. The summed E-state index contributed by atoms with van der Waals surface area (Å²) in [4.78, 5) is 15.6. The van der Waals surface area contributed by atoms with Gasteiger partial charge in [-0.25, -0.2) is 4.39 Å². The number of halogens is 1. The molecule has 3 heterocycles. The Kier molecular flexibility index (Phi) is 3.90. The van der Waals surface area contributed by atoms with Gasteiger partial charge in [0.2, 0.25) is 0 Å². The number of hydrogen-bond acceptors (Lipinski definition) is 5. The maximum atomic E-state index is 14.3. The number of nitrogens with one attached hydrogen (secondary N) is 2. The molecule has 5 rings (SSSR count). The molecule has 0 saturated heterocycles. The quantitative estimate of drug-likeness (QED) is 0.688. The Bertz CT molecular complexity index is 1070. The van der Waals surface area contributed by atoms with Gasteiger partial charge >= 0.3 is 0 Å². The minimum atomic E-state index is -0.663. The zero-order valence-electron chi connectivity index (χ0n) is 14.8. The fourth-order valence-corrected chi connectivity index (χ4v) is 4.13. The lowest BCUT2D eigenvalue weighted by Gasteiger charge is -2.39. The zero-order chi connectivity index (χ0) is 19.1. The summed E-state index contributed by atoms with van der Waals surface area (Å²) in [5, 5.41) is 8.07. The molecule has 1 aromatic heterocycles. The lowest BCUT2D eigenvalue weighted by atomic mass is 9.75. The Morgan fingerprint density at radius 3 is 2.54 bits per heavy atom. The Balaban J connectivity index is 1.75. The van der Waals surface area contributed by atoms with Crippen LogP contribution in [0.1, 0.15) is 40.3 Å². The van der Waals surface area contributed by atoms with Crippen LogP contribution in [0.2, 0.25) is 0 Å². The predicted molar refractivity (Wildman–Crippen MR) is 105 cm³/mol. The van der Waals surface area contributed by atoms with Crippen LogP contribution in [0.4, 0.5) is 10.1 Å². The standard InChI is InChI=1S/C22H17FN4O/c23-15-10-16-18(12-28)26-27-22-19(13-4-2-1-3-5-13)21(14-6-8-24-9-7-14)25-17(11-15)20(16)22/h1-12,18-19,21,25-26H. The van der Waals surface area contributed by atoms with E-state index in [1.54, 1.807) is 12.4 Å². The van der Waals surface area contributed by atoms with Gasteiger partial charge in [0.15, 0.2) is 0 Å². The van der Waals surface area contributed by atoms with E-state index < -0.39 is 6.04 Å². The molecule has 0 saturated carbocycles. The first-order chi connectivity index (χ1) is 13.8. The Hall–Kier alpha value is -3.54. The fourth-order valence-electron chi connectivity index (χ4n) is 4.13. The molecule has 138 valence electrons.